The molecule has 2 heterocycles. The number of hydrogen-bond donors (Lipinski definition) is 2. The molecule has 0 aliphatic rings. The summed E-state index contributed by atoms with van der Waals surface area (Å²) in [6.07, 6.45) is 5.92. The molecule has 2 aromatic heterocycles. The molecule has 4 rings (SSSR count). The predicted octanol–water partition coefficient (Wildman–Crippen LogP) is 2.63. The lowest BCUT2D eigenvalue weighted by Crippen LogP contribution is -2.16. The number of sulfonamides is 2. The Balaban J connectivity index is 1.59. The van der Waals surface area contributed by atoms with Crippen LogP contribution >= 0.6 is 0 Å². The Kier molecular flexibility index (Phi) is 5.06. The molecule has 0 aliphatic heterocycles. The molecule has 0 saturated carbocycles. The van der Waals surface area contributed by atoms with Gasteiger partial charge in [0.15, 0.2) is 0 Å². The van der Waals surface area contributed by atoms with E-state index in [0.29, 0.717) is 10.8 Å². The van der Waals surface area contributed by atoms with Gasteiger partial charge in [0.2, 0.25) is 5.95 Å². The number of nitrogens with zero attached hydrogens (tertiary/aromatic N) is 3. The Morgan fingerprint density at radius 2 is 1.43 bits per heavy atom. The molecule has 2 aromatic carbocycles. The van der Waals surface area contributed by atoms with Crippen LogP contribution in [0.3, 0.4) is 0 Å². The second-order valence-corrected chi connectivity index (χ2v) is 9.49. The van der Waals surface area contributed by atoms with Crippen molar-refractivity contribution in [3.63, 3.8) is 0 Å². The van der Waals surface area contributed by atoms with Crippen LogP contribution in [-0.4, -0.2) is 31.8 Å². The van der Waals surface area contributed by atoms with Crippen molar-refractivity contribution in [1.29, 1.82) is 0 Å². The van der Waals surface area contributed by atoms with E-state index in [1.54, 1.807) is 30.5 Å². The molecule has 0 radical (unpaired) electrons. The van der Waals surface area contributed by atoms with Gasteiger partial charge < -0.3 is 0 Å². The Morgan fingerprint density at radius 3 is 2.17 bits per heavy atom. The lowest BCUT2D eigenvalue weighted by Gasteiger charge is -2.11. The van der Waals surface area contributed by atoms with Crippen LogP contribution in [0.5, 0.6) is 0 Å². The molecule has 0 bridgehead atoms. The minimum Gasteiger partial charge on any atom is -0.280 e. The Labute approximate surface area is 173 Å². The van der Waals surface area contributed by atoms with Gasteiger partial charge in [0, 0.05) is 41.2 Å². The maximum atomic E-state index is 12.9. The van der Waals surface area contributed by atoms with Crippen molar-refractivity contribution in [2.24, 2.45) is 0 Å². The van der Waals surface area contributed by atoms with Crippen molar-refractivity contribution >= 4 is 42.5 Å². The first-order valence-corrected chi connectivity index (χ1v) is 11.6. The monoisotopic (exact) mass is 441 g/mol. The molecule has 30 heavy (non-hydrogen) atoms. The minimum atomic E-state index is -3.91. The molecular weight excluding hydrogens is 426 g/mol. The van der Waals surface area contributed by atoms with E-state index in [4.69, 9.17) is 0 Å². The molecule has 0 atom stereocenters. The average molecular weight is 441 g/mol. The number of nitrogens with one attached hydrogen (secondary N) is 2. The Morgan fingerprint density at radius 1 is 0.700 bits per heavy atom. The number of benzene rings is 2. The molecular formula is C19H15N5O4S2. The van der Waals surface area contributed by atoms with Gasteiger partial charge in [0.1, 0.15) is 0 Å². The van der Waals surface area contributed by atoms with Gasteiger partial charge in [-0.1, -0.05) is 12.1 Å². The minimum absolute atomic E-state index is 0.0610. The highest BCUT2D eigenvalue weighted by Gasteiger charge is 2.19. The molecule has 4 aromatic rings. The van der Waals surface area contributed by atoms with Crippen molar-refractivity contribution in [2.75, 3.05) is 9.44 Å². The van der Waals surface area contributed by atoms with Gasteiger partial charge in [-0.05, 0) is 42.5 Å². The summed E-state index contributed by atoms with van der Waals surface area (Å²) < 4.78 is 55.3. The van der Waals surface area contributed by atoms with Crippen LogP contribution in [0.2, 0.25) is 0 Å². The highest BCUT2D eigenvalue weighted by molar-refractivity contribution is 7.93. The molecule has 0 aliphatic carbocycles. The zero-order valence-electron chi connectivity index (χ0n) is 15.3. The molecule has 0 fully saturated rings. The zero-order chi connectivity index (χ0) is 21.2. The average Bonchev–Trinajstić information content (AvgIpc) is 2.74. The smallest absolute Gasteiger partial charge is 0.264 e. The lowest BCUT2D eigenvalue weighted by atomic mass is 10.2. The normalized spacial score (nSPS) is 11.9. The van der Waals surface area contributed by atoms with E-state index in [2.05, 4.69) is 24.4 Å². The van der Waals surface area contributed by atoms with Crippen LogP contribution in [0.25, 0.3) is 10.8 Å². The summed E-state index contributed by atoms with van der Waals surface area (Å²) in [6.45, 7) is 0. The van der Waals surface area contributed by atoms with Crippen molar-refractivity contribution < 1.29 is 16.8 Å². The molecule has 0 spiro atoms. The first-order valence-electron chi connectivity index (χ1n) is 8.61. The largest absolute Gasteiger partial charge is 0.280 e. The number of hydrogen-bond acceptors (Lipinski definition) is 7. The molecule has 11 heteroatoms. The maximum absolute atomic E-state index is 12.9. The molecule has 0 saturated heterocycles. The van der Waals surface area contributed by atoms with Gasteiger partial charge in [-0.3, -0.25) is 9.71 Å². The summed E-state index contributed by atoms with van der Waals surface area (Å²) in [6, 6.07) is 13.4. The third-order valence-corrected chi connectivity index (χ3v) is 6.92. The molecule has 0 unspecified atom stereocenters. The van der Waals surface area contributed by atoms with Gasteiger partial charge in [-0.15, -0.1) is 0 Å². The number of anilines is 2. The van der Waals surface area contributed by atoms with Crippen LogP contribution in [0.4, 0.5) is 11.6 Å². The van der Waals surface area contributed by atoms with E-state index < -0.39 is 20.0 Å². The predicted molar refractivity (Wildman–Crippen MR) is 112 cm³/mol. The van der Waals surface area contributed by atoms with E-state index in [1.807, 2.05) is 0 Å². The second-order valence-electron chi connectivity index (χ2n) is 6.16. The maximum Gasteiger partial charge on any atom is 0.264 e. The summed E-state index contributed by atoms with van der Waals surface area (Å²) in [5, 5.41) is 1.22. The van der Waals surface area contributed by atoms with Gasteiger partial charge in [-0.2, -0.15) is 0 Å². The second kappa shape index (κ2) is 7.69. The number of fused-ring (bicyclic) bond motifs is 1. The Hall–Kier alpha value is -3.57. The third kappa shape index (κ3) is 4.07. The highest BCUT2D eigenvalue weighted by Crippen LogP contribution is 2.25. The SMILES string of the molecule is O=S(=O)(Nc1ncccn1)c1ccc(NS(=O)(=O)c2cccc3cnccc23)cc1. The number of rotatable bonds is 6. The first kappa shape index (κ1) is 19.7. The van der Waals surface area contributed by atoms with Crippen LogP contribution in [-0.2, 0) is 20.0 Å². The van der Waals surface area contributed by atoms with Crippen LogP contribution in [0.15, 0.2) is 89.2 Å². The molecule has 0 amide bonds. The van der Waals surface area contributed by atoms with Crippen LogP contribution in [0.1, 0.15) is 0 Å². The van der Waals surface area contributed by atoms with E-state index in [9.17, 15) is 16.8 Å². The van der Waals surface area contributed by atoms with Crippen molar-refractivity contribution in [3.05, 3.63) is 79.4 Å². The fraction of sp³-hybridized carbons (Fsp3) is 0. The zero-order valence-corrected chi connectivity index (χ0v) is 16.9. The third-order valence-electron chi connectivity index (χ3n) is 4.14. The summed E-state index contributed by atoms with van der Waals surface area (Å²) in [4.78, 5) is 11.7. The lowest BCUT2D eigenvalue weighted by molar-refractivity contribution is 0.600. The van der Waals surface area contributed by atoms with E-state index in [-0.39, 0.29) is 21.4 Å². The van der Waals surface area contributed by atoms with E-state index >= 15 is 0 Å². The van der Waals surface area contributed by atoms with Gasteiger partial charge in [0.25, 0.3) is 20.0 Å². The quantitative estimate of drug-likeness (QED) is 0.470. The standard InChI is InChI=1S/C19H15N5O4S2/c25-29(26,24-19-21-10-2-11-22-19)16-7-5-15(6-8-16)23-30(27,28)18-4-1-3-14-13-20-12-9-17(14)18/h1-13,23H,(H,21,22,24). The summed E-state index contributed by atoms with van der Waals surface area (Å²) >= 11 is 0. The summed E-state index contributed by atoms with van der Waals surface area (Å²) in [5.41, 5.74) is 0.218. The van der Waals surface area contributed by atoms with Gasteiger partial charge in [0.05, 0.1) is 9.79 Å². The Bertz CT molecular complexity index is 1400. The van der Waals surface area contributed by atoms with Crippen molar-refractivity contribution in [3.8, 4) is 0 Å². The van der Waals surface area contributed by atoms with Crippen LogP contribution in [0, 0.1) is 0 Å². The molecule has 2 N–H and O–H groups in total. The summed E-state index contributed by atoms with van der Waals surface area (Å²) in [7, 11) is -7.81. The summed E-state index contributed by atoms with van der Waals surface area (Å²) in [5.74, 6) is -0.0623. The first-order chi connectivity index (χ1) is 14.4. The number of aromatic nitrogens is 3. The molecule has 9 nitrogen and oxygen atoms in total. The van der Waals surface area contributed by atoms with E-state index in [0.717, 1.165) is 0 Å². The van der Waals surface area contributed by atoms with Crippen molar-refractivity contribution in [2.45, 2.75) is 9.79 Å². The fourth-order valence-corrected chi connectivity index (χ4v) is 5.02. The number of pyridine rings is 1. The highest BCUT2D eigenvalue weighted by atomic mass is 32.2. The van der Waals surface area contributed by atoms with Gasteiger partial charge >= 0.3 is 0 Å². The van der Waals surface area contributed by atoms with E-state index in [1.165, 1.54) is 48.9 Å². The topological polar surface area (TPSA) is 131 Å². The van der Waals surface area contributed by atoms with Crippen molar-refractivity contribution in [1.82, 2.24) is 15.0 Å². The molecule has 152 valence electrons. The fourth-order valence-electron chi connectivity index (χ4n) is 2.77. The van der Waals surface area contributed by atoms with Gasteiger partial charge in [-0.25, -0.2) is 31.5 Å². The van der Waals surface area contributed by atoms with Crippen LogP contribution < -0.4 is 9.44 Å².